The molecule has 8 heteroatoms. The normalized spacial score (nSPS) is 14.3. The van der Waals surface area contributed by atoms with Crippen molar-refractivity contribution in [3.05, 3.63) is 12.2 Å². The van der Waals surface area contributed by atoms with Crippen molar-refractivity contribution in [2.24, 2.45) is 0 Å². The number of aliphatic hydroxyl groups is 4. The first-order chi connectivity index (χ1) is 17.0. The maximum atomic E-state index is 11.8. The maximum absolute atomic E-state index is 11.8. The summed E-state index contributed by atoms with van der Waals surface area (Å²) < 4.78 is 15.3. The molecule has 0 saturated carbocycles. The van der Waals surface area contributed by atoms with Gasteiger partial charge in [0.1, 0.15) is 24.9 Å². The highest BCUT2D eigenvalue weighted by molar-refractivity contribution is 5.69. The summed E-state index contributed by atoms with van der Waals surface area (Å²) in [5, 5.41) is 37.3. The zero-order valence-electron chi connectivity index (χ0n) is 22.0. The smallest absolute Gasteiger partial charge is 0.305 e. The van der Waals surface area contributed by atoms with Gasteiger partial charge in [-0.2, -0.15) is 0 Å². The van der Waals surface area contributed by atoms with E-state index in [9.17, 15) is 15.0 Å². The lowest BCUT2D eigenvalue weighted by Crippen LogP contribution is -2.29. The molecule has 0 aromatic heterocycles. The van der Waals surface area contributed by atoms with E-state index in [1.54, 1.807) is 0 Å². The van der Waals surface area contributed by atoms with Crippen molar-refractivity contribution in [1.29, 1.82) is 0 Å². The number of allylic oxidation sites excluding steroid dienone is 2. The van der Waals surface area contributed by atoms with Crippen molar-refractivity contribution in [2.45, 2.75) is 115 Å². The van der Waals surface area contributed by atoms with Crippen molar-refractivity contribution in [3.8, 4) is 0 Å². The highest BCUT2D eigenvalue weighted by Gasteiger charge is 2.12. The molecular weight excluding hydrogens is 452 g/mol. The van der Waals surface area contributed by atoms with Crippen LogP contribution in [0.15, 0.2) is 12.2 Å². The molecule has 0 rings (SSSR count). The van der Waals surface area contributed by atoms with Gasteiger partial charge in [0.05, 0.1) is 33.0 Å². The largest absolute Gasteiger partial charge is 0.463 e. The van der Waals surface area contributed by atoms with Gasteiger partial charge in [-0.1, -0.05) is 70.4 Å². The van der Waals surface area contributed by atoms with Gasteiger partial charge in [0.15, 0.2) is 0 Å². The molecule has 0 fully saturated rings. The molecule has 4 N–H and O–H groups in total. The third-order valence-electron chi connectivity index (χ3n) is 5.53. The van der Waals surface area contributed by atoms with E-state index in [0.717, 1.165) is 25.7 Å². The molecular formula is C27H52O8. The number of aliphatic hydroxyl groups excluding tert-OH is 4. The van der Waals surface area contributed by atoms with Crippen LogP contribution in [0.3, 0.4) is 0 Å². The van der Waals surface area contributed by atoms with E-state index in [1.165, 1.54) is 57.8 Å². The fraction of sp³-hybridized carbons (Fsp3) is 0.889. The molecule has 0 spiro atoms. The van der Waals surface area contributed by atoms with E-state index in [-0.39, 0.29) is 39.0 Å². The molecule has 0 heterocycles. The summed E-state index contributed by atoms with van der Waals surface area (Å²) in [6.45, 7) is 1.43. The Hall–Kier alpha value is -1.03. The highest BCUT2D eigenvalue weighted by atomic mass is 16.6. The van der Waals surface area contributed by atoms with Gasteiger partial charge < -0.3 is 34.6 Å². The molecule has 35 heavy (non-hydrogen) atoms. The van der Waals surface area contributed by atoms with Crippen LogP contribution in [0.25, 0.3) is 0 Å². The zero-order valence-corrected chi connectivity index (χ0v) is 22.0. The van der Waals surface area contributed by atoms with Gasteiger partial charge in [-0.05, 0) is 32.1 Å². The Kier molecular flexibility index (Phi) is 25.3. The van der Waals surface area contributed by atoms with Gasteiger partial charge in [-0.25, -0.2) is 0 Å². The van der Waals surface area contributed by atoms with Crippen molar-refractivity contribution in [2.75, 3.05) is 39.6 Å². The molecule has 0 aliphatic carbocycles. The molecule has 0 aliphatic rings. The van der Waals surface area contributed by atoms with Crippen LogP contribution in [-0.2, 0) is 19.0 Å². The number of carbonyl (C=O) groups excluding carboxylic acids is 1. The summed E-state index contributed by atoms with van der Waals surface area (Å²) in [6.07, 6.45) is 17.8. The zero-order chi connectivity index (χ0) is 26.0. The molecule has 0 aromatic rings. The van der Waals surface area contributed by atoms with Crippen LogP contribution in [0, 0.1) is 0 Å². The van der Waals surface area contributed by atoms with E-state index in [4.69, 9.17) is 24.4 Å². The Bertz CT molecular complexity index is 486. The van der Waals surface area contributed by atoms with Crippen molar-refractivity contribution < 1.29 is 39.4 Å². The predicted octanol–water partition coefficient (Wildman–Crippen LogP) is 3.68. The topological polar surface area (TPSA) is 126 Å². The highest BCUT2D eigenvalue weighted by Crippen LogP contribution is 2.10. The lowest BCUT2D eigenvalue weighted by molar-refractivity contribution is -0.148. The SMILES string of the molecule is CCCCCCCC/C=C\CCCCCCCC(=O)OC[C@H](O)COC[C@H](O)COC[C@@H](O)CO. The Morgan fingerprint density at radius 2 is 1.11 bits per heavy atom. The van der Waals surface area contributed by atoms with Crippen LogP contribution in [0.1, 0.15) is 96.8 Å². The standard InChI is InChI=1S/C27H52O8/c1-2-3-4-5-6-7-8-9-10-11-12-13-14-15-16-17-27(32)35-23-26(31)22-34-21-25(30)20-33-19-24(29)18-28/h9-10,24-26,28-31H,2-8,11-23H2,1H3/b10-9-/t24-,25+,26+/m0/s1. The Labute approximate surface area is 212 Å². The monoisotopic (exact) mass is 504 g/mol. The second-order valence-corrected chi connectivity index (χ2v) is 9.24. The molecule has 0 saturated heterocycles. The Morgan fingerprint density at radius 1 is 0.657 bits per heavy atom. The molecule has 0 radical (unpaired) electrons. The van der Waals surface area contributed by atoms with Crippen molar-refractivity contribution in [1.82, 2.24) is 0 Å². The predicted molar refractivity (Wildman–Crippen MR) is 137 cm³/mol. The number of hydrogen-bond acceptors (Lipinski definition) is 8. The van der Waals surface area contributed by atoms with Gasteiger partial charge in [-0.3, -0.25) is 4.79 Å². The third-order valence-corrected chi connectivity index (χ3v) is 5.53. The molecule has 3 atom stereocenters. The number of carbonyl (C=O) groups is 1. The minimum Gasteiger partial charge on any atom is -0.463 e. The fourth-order valence-electron chi connectivity index (χ4n) is 3.43. The van der Waals surface area contributed by atoms with E-state index >= 15 is 0 Å². The molecule has 0 amide bonds. The second-order valence-electron chi connectivity index (χ2n) is 9.24. The average molecular weight is 505 g/mol. The van der Waals surface area contributed by atoms with Crippen molar-refractivity contribution in [3.63, 3.8) is 0 Å². The van der Waals surface area contributed by atoms with Crippen LogP contribution < -0.4 is 0 Å². The van der Waals surface area contributed by atoms with Gasteiger partial charge in [-0.15, -0.1) is 0 Å². The minimum absolute atomic E-state index is 0.0574. The first kappa shape index (κ1) is 34.0. The maximum Gasteiger partial charge on any atom is 0.305 e. The molecule has 0 aliphatic heterocycles. The van der Waals surface area contributed by atoms with Crippen LogP contribution >= 0.6 is 0 Å². The second kappa shape index (κ2) is 26.0. The molecule has 0 aromatic carbocycles. The first-order valence-corrected chi connectivity index (χ1v) is 13.6. The van der Waals surface area contributed by atoms with Crippen LogP contribution in [0.2, 0.25) is 0 Å². The summed E-state index contributed by atoms with van der Waals surface area (Å²) in [4.78, 5) is 11.8. The fourth-order valence-corrected chi connectivity index (χ4v) is 3.43. The number of rotatable bonds is 26. The number of esters is 1. The van der Waals surface area contributed by atoms with E-state index in [1.807, 2.05) is 0 Å². The number of unbranched alkanes of at least 4 members (excludes halogenated alkanes) is 11. The van der Waals surface area contributed by atoms with E-state index in [2.05, 4.69) is 19.1 Å². The third kappa shape index (κ3) is 25.9. The van der Waals surface area contributed by atoms with Crippen LogP contribution in [0.4, 0.5) is 0 Å². The summed E-state index contributed by atoms with van der Waals surface area (Å²) in [5.41, 5.74) is 0. The lowest BCUT2D eigenvalue weighted by atomic mass is 10.1. The summed E-state index contributed by atoms with van der Waals surface area (Å²) >= 11 is 0. The number of hydrogen-bond donors (Lipinski definition) is 4. The van der Waals surface area contributed by atoms with Crippen LogP contribution in [-0.4, -0.2) is 84.3 Å². The lowest BCUT2D eigenvalue weighted by Gasteiger charge is -2.15. The van der Waals surface area contributed by atoms with E-state index < -0.39 is 24.9 Å². The first-order valence-electron chi connectivity index (χ1n) is 13.6. The quantitative estimate of drug-likeness (QED) is 0.0799. The van der Waals surface area contributed by atoms with Gasteiger partial charge in [0.2, 0.25) is 0 Å². The number of ether oxygens (including phenoxy) is 3. The Balaban J connectivity index is 3.45. The van der Waals surface area contributed by atoms with Gasteiger partial charge in [0.25, 0.3) is 0 Å². The van der Waals surface area contributed by atoms with Gasteiger partial charge >= 0.3 is 5.97 Å². The van der Waals surface area contributed by atoms with Gasteiger partial charge in [0, 0.05) is 6.42 Å². The molecule has 208 valence electrons. The van der Waals surface area contributed by atoms with Crippen LogP contribution in [0.5, 0.6) is 0 Å². The summed E-state index contributed by atoms with van der Waals surface area (Å²) in [7, 11) is 0. The van der Waals surface area contributed by atoms with Crippen molar-refractivity contribution >= 4 is 5.97 Å². The average Bonchev–Trinajstić information content (AvgIpc) is 2.85. The molecule has 0 bridgehead atoms. The summed E-state index contributed by atoms with van der Waals surface area (Å²) in [6, 6.07) is 0. The molecule has 0 unspecified atom stereocenters. The van der Waals surface area contributed by atoms with E-state index in [0.29, 0.717) is 6.42 Å². The molecule has 8 nitrogen and oxygen atoms in total. The minimum atomic E-state index is -0.980. The summed E-state index contributed by atoms with van der Waals surface area (Å²) in [5.74, 6) is -0.322. The Morgan fingerprint density at radius 3 is 1.66 bits per heavy atom.